The molecule has 0 saturated heterocycles. The summed E-state index contributed by atoms with van der Waals surface area (Å²) < 4.78 is 5.12. The molecule has 30 heavy (non-hydrogen) atoms. The summed E-state index contributed by atoms with van der Waals surface area (Å²) in [4.78, 5) is 0. The van der Waals surface area contributed by atoms with Gasteiger partial charge in [-0.1, -0.05) is 30.7 Å². The van der Waals surface area contributed by atoms with Crippen molar-refractivity contribution in [3.8, 4) is 11.1 Å². The lowest BCUT2D eigenvalue weighted by Gasteiger charge is -2.34. The highest BCUT2D eigenvalue weighted by Gasteiger charge is 2.28. The lowest BCUT2D eigenvalue weighted by atomic mass is 9.89. The largest absolute Gasteiger partial charge is 0.341 e. The normalized spacial score (nSPS) is 14.6. The van der Waals surface area contributed by atoms with Crippen molar-refractivity contribution >= 4 is 50.2 Å². The molecule has 2 nitrogen and oxygen atoms in total. The summed E-state index contributed by atoms with van der Waals surface area (Å²) in [6, 6.07) is 10.8. The van der Waals surface area contributed by atoms with Gasteiger partial charge in [0, 0.05) is 34.9 Å². The standard InChI is InChI=1S/C25H33ClN2S2/c1-7-21-18(3)24-25-22(23(21)19-8-10-20(26)11-9-19)16-17(2)27(25)12-13-28(24)29-14-15-30(4,5)6/h8-11,16H,7,12-15H2,1-6H3. The Bertz CT molecular complexity index is 1080. The number of hydrogen-bond acceptors (Lipinski definition) is 2. The summed E-state index contributed by atoms with van der Waals surface area (Å²) >= 11 is 8.23. The van der Waals surface area contributed by atoms with Gasteiger partial charge in [-0.15, -0.1) is 0 Å². The second-order valence-corrected chi connectivity index (χ2v) is 15.3. The van der Waals surface area contributed by atoms with E-state index in [1.54, 1.807) is 0 Å². The van der Waals surface area contributed by atoms with Gasteiger partial charge in [0.2, 0.25) is 0 Å². The van der Waals surface area contributed by atoms with Crippen molar-refractivity contribution < 1.29 is 0 Å². The predicted molar refractivity (Wildman–Crippen MR) is 141 cm³/mol. The summed E-state index contributed by atoms with van der Waals surface area (Å²) in [5, 5.41) is 2.18. The van der Waals surface area contributed by atoms with E-state index in [9.17, 15) is 0 Å². The Hall–Kier alpha value is -1.23. The fourth-order valence-corrected chi connectivity index (χ4v) is 7.81. The average Bonchev–Trinajstić information content (AvgIpc) is 3.01. The van der Waals surface area contributed by atoms with Crippen LogP contribution in [0.5, 0.6) is 0 Å². The molecule has 0 amide bonds. The Morgan fingerprint density at radius 3 is 2.40 bits per heavy atom. The van der Waals surface area contributed by atoms with Crippen LogP contribution >= 0.6 is 33.6 Å². The molecule has 0 atom stereocenters. The number of nitrogens with zero attached hydrogens (tertiary/aromatic N) is 2. The zero-order valence-electron chi connectivity index (χ0n) is 19.0. The fraction of sp³-hybridized carbons (Fsp3) is 0.440. The quantitative estimate of drug-likeness (QED) is 0.356. The third kappa shape index (κ3) is 3.99. The minimum absolute atomic E-state index is 0.466. The summed E-state index contributed by atoms with van der Waals surface area (Å²) in [6.45, 7) is 9.00. The molecule has 5 heteroatoms. The first-order chi connectivity index (χ1) is 14.2. The minimum atomic E-state index is -0.466. The Morgan fingerprint density at radius 2 is 1.77 bits per heavy atom. The van der Waals surface area contributed by atoms with Crippen LogP contribution in [-0.2, 0) is 13.0 Å². The van der Waals surface area contributed by atoms with Crippen LogP contribution in [0.1, 0.15) is 23.7 Å². The maximum Gasteiger partial charge on any atom is 0.0746 e. The number of aryl methyl sites for hydroxylation is 1. The zero-order valence-corrected chi connectivity index (χ0v) is 21.4. The summed E-state index contributed by atoms with van der Waals surface area (Å²) in [5.41, 5.74) is 9.76. The van der Waals surface area contributed by atoms with Crippen LogP contribution in [-0.4, -0.2) is 41.4 Å². The highest BCUT2D eigenvalue weighted by Crippen LogP contribution is 2.47. The van der Waals surface area contributed by atoms with E-state index in [2.05, 4.69) is 66.6 Å². The molecule has 0 aliphatic carbocycles. The van der Waals surface area contributed by atoms with Crippen molar-refractivity contribution in [1.29, 1.82) is 0 Å². The van der Waals surface area contributed by atoms with E-state index < -0.39 is 10.0 Å². The SMILES string of the molecule is CCc1c(C)c2c3c(cc(C)n3CCN2SCCS(C)(C)C)c1-c1ccc(Cl)cc1. The maximum absolute atomic E-state index is 6.20. The molecule has 0 unspecified atom stereocenters. The zero-order chi connectivity index (χ0) is 21.6. The Kier molecular flexibility index (Phi) is 6.13. The number of benzene rings is 2. The van der Waals surface area contributed by atoms with Gasteiger partial charge in [-0.3, -0.25) is 0 Å². The van der Waals surface area contributed by atoms with Crippen LogP contribution in [0.25, 0.3) is 22.0 Å². The molecule has 0 N–H and O–H groups in total. The van der Waals surface area contributed by atoms with E-state index in [1.807, 2.05) is 24.1 Å². The maximum atomic E-state index is 6.20. The third-order valence-electron chi connectivity index (χ3n) is 6.11. The van der Waals surface area contributed by atoms with Crippen LogP contribution in [0.15, 0.2) is 30.3 Å². The smallest absolute Gasteiger partial charge is 0.0746 e. The average molecular weight is 461 g/mol. The van der Waals surface area contributed by atoms with Crippen LogP contribution in [0.4, 0.5) is 5.69 Å². The highest BCUT2D eigenvalue weighted by molar-refractivity contribution is 8.32. The van der Waals surface area contributed by atoms with Gasteiger partial charge in [0.05, 0.1) is 11.2 Å². The van der Waals surface area contributed by atoms with Crippen molar-refractivity contribution in [3.05, 3.63) is 52.2 Å². The monoisotopic (exact) mass is 460 g/mol. The molecule has 1 aliphatic rings. The molecule has 162 valence electrons. The van der Waals surface area contributed by atoms with Crippen molar-refractivity contribution in [2.45, 2.75) is 33.7 Å². The summed E-state index contributed by atoms with van der Waals surface area (Å²) in [6.07, 6.45) is 8.27. The van der Waals surface area contributed by atoms with Crippen LogP contribution in [0, 0.1) is 13.8 Å². The van der Waals surface area contributed by atoms with Gasteiger partial charge in [-0.2, -0.15) is 0 Å². The van der Waals surface area contributed by atoms with Crippen LogP contribution in [0.3, 0.4) is 0 Å². The summed E-state index contributed by atoms with van der Waals surface area (Å²) in [7, 11) is -0.466. The number of anilines is 1. The van der Waals surface area contributed by atoms with Crippen LogP contribution < -0.4 is 4.31 Å². The number of rotatable bonds is 6. The number of halogens is 1. The van der Waals surface area contributed by atoms with Gasteiger partial charge in [0.1, 0.15) is 0 Å². The number of hydrogen-bond donors (Lipinski definition) is 0. The molecule has 0 saturated carbocycles. The second kappa shape index (κ2) is 8.37. The molecule has 2 aromatic carbocycles. The molecule has 3 aromatic rings. The fourth-order valence-electron chi connectivity index (χ4n) is 4.60. The topological polar surface area (TPSA) is 8.17 Å². The molecule has 0 radical (unpaired) electrons. The van der Waals surface area contributed by atoms with E-state index in [1.165, 1.54) is 56.0 Å². The van der Waals surface area contributed by atoms with E-state index in [0.717, 1.165) is 24.5 Å². The first kappa shape index (κ1) is 22.0. The number of aromatic nitrogens is 1. The Morgan fingerprint density at radius 1 is 1.07 bits per heavy atom. The van der Waals surface area contributed by atoms with E-state index in [-0.39, 0.29) is 0 Å². The molecule has 0 spiro atoms. The van der Waals surface area contributed by atoms with Crippen LogP contribution in [0.2, 0.25) is 5.02 Å². The first-order valence-corrected chi connectivity index (χ1v) is 15.0. The second-order valence-electron chi connectivity index (χ2n) is 9.12. The van der Waals surface area contributed by atoms with Gasteiger partial charge in [-0.05, 0) is 97.2 Å². The molecule has 0 fully saturated rings. The van der Waals surface area contributed by atoms with Gasteiger partial charge in [0.25, 0.3) is 0 Å². The molecule has 1 aliphatic heterocycles. The highest BCUT2D eigenvalue weighted by atomic mass is 35.5. The van der Waals surface area contributed by atoms with Gasteiger partial charge in [0.15, 0.2) is 0 Å². The molecule has 4 rings (SSSR count). The van der Waals surface area contributed by atoms with E-state index >= 15 is 0 Å². The summed E-state index contributed by atoms with van der Waals surface area (Å²) in [5.74, 6) is 2.50. The molecule has 2 heterocycles. The van der Waals surface area contributed by atoms with Gasteiger partial charge in [-0.25, -0.2) is 10.0 Å². The van der Waals surface area contributed by atoms with Crippen molar-refractivity contribution in [2.75, 3.05) is 41.1 Å². The van der Waals surface area contributed by atoms with Crippen molar-refractivity contribution in [1.82, 2.24) is 4.57 Å². The molecular formula is C25H33ClN2S2. The first-order valence-electron chi connectivity index (χ1n) is 10.7. The predicted octanol–water partition coefficient (Wildman–Crippen LogP) is 7.30. The van der Waals surface area contributed by atoms with Gasteiger partial charge >= 0.3 is 0 Å². The van der Waals surface area contributed by atoms with Crippen molar-refractivity contribution in [2.24, 2.45) is 0 Å². The van der Waals surface area contributed by atoms with E-state index in [4.69, 9.17) is 11.6 Å². The Balaban J connectivity index is 1.89. The molecule has 1 aromatic heterocycles. The van der Waals surface area contributed by atoms with Crippen molar-refractivity contribution in [3.63, 3.8) is 0 Å². The third-order valence-corrected chi connectivity index (χ3v) is 9.12. The lowest BCUT2D eigenvalue weighted by molar-refractivity contribution is 0.698. The van der Waals surface area contributed by atoms with Gasteiger partial charge < -0.3 is 8.87 Å². The van der Waals surface area contributed by atoms with E-state index in [0.29, 0.717) is 0 Å². The molecule has 0 bridgehead atoms. The Labute approximate surface area is 192 Å². The minimum Gasteiger partial charge on any atom is -0.341 e. The molecular weight excluding hydrogens is 428 g/mol. The lowest BCUT2D eigenvalue weighted by Crippen LogP contribution is -2.28.